The Morgan fingerprint density at radius 2 is 2.00 bits per heavy atom. The first-order valence-electron chi connectivity index (χ1n) is 7.83. The average molecular weight is 267 g/mol. The molecule has 0 spiro atoms. The Balaban J connectivity index is 1.66. The lowest BCUT2D eigenvalue weighted by atomic mass is 9.92. The molecule has 19 heavy (non-hydrogen) atoms. The van der Waals surface area contributed by atoms with E-state index in [2.05, 4.69) is 24.1 Å². The van der Waals surface area contributed by atoms with Crippen LogP contribution in [0.1, 0.15) is 46.0 Å². The Kier molecular flexibility index (Phi) is 5.22. The van der Waals surface area contributed by atoms with Gasteiger partial charge in [-0.05, 0) is 24.7 Å². The summed E-state index contributed by atoms with van der Waals surface area (Å²) in [6.07, 6.45) is 5.48. The summed E-state index contributed by atoms with van der Waals surface area (Å²) < 4.78 is 0. The molecule has 0 radical (unpaired) electrons. The summed E-state index contributed by atoms with van der Waals surface area (Å²) in [4.78, 5) is 14.2. The Bertz CT molecular complexity index is 300. The minimum Gasteiger partial charge on any atom is -0.353 e. The van der Waals surface area contributed by atoms with Crippen LogP contribution in [0.5, 0.6) is 0 Å². The first-order valence-corrected chi connectivity index (χ1v) is 7.83. The molecule has 1 aliphatic carbocycles. The van der Waals surface area contributed by atoms with Crippen LogP contribution in [0, 0.1) is 11.8 Å². The van der Waals surface area contributed by atoms with Crippen LogP contribution in [0.25, 0.3) is 0 Å². The molecule has 0 aromatic rings. The highest BCUT2D eigenvalue weighted by Gasteiger charge is 2.32. The minimum atomic E-state index is 0.216. The summed E-state index contributed by atoms with van der Waals surface area (Å²) in [5.74, 6) is 1.43. The number of carbonyl (C=O) groups excluding carboxylic acids is 1. The lowest BCUT2D eigenvalue weighted by molar-refractivity contribution is -0.122. The smallest absolute Gasteiger partial charge is 0.221 e. The molecule has 3 N–H and O–H groups in total. The molecule has 1 saturated heterocycles. The third kappa shape index (κ3) is 4.18. The van der Waals surface area contributed by atoms with Crippen LogP contribution in [0.3, 0.4) is 0 Å². The molecular formula is C15H29N3O. The molecule has 1 saturated carbocycles. The second kappa shape index (κ2) is 6.71. The van der Waals surface area contributed by atoms with Crippen molar-refractivity contribution in [3.63, 3.8) is 0 Å². The number of hydrogen-bond acceptors (Lipinski definition) is 3. The summed E-state index contributed by atoms with van der Waals surface area (Å²) in [5, 5.41) is 3.15. The number of likely N-dealkylation sites (tertiary alicyclic amines) is 1. The second-order valence-electron chi connectivity index (χ2n) is 6.63. The van der Waals surface area contributed by atoms with Gasteiger partial charge in [-0.1, -0.05) is 26.7 Å². The molecule has 1 heterocycles. The van der Waals surface area contributed by atoms with Gasteiger partial charge in [-0.3, -0.25) is 4.79 Å². The Labute approximate surface area is 117 Å². The Hall–Kier alpha value is -0.610. The number of amides is 1. The quantitative estimate of drug-likeness (QED) is 0.790. The van der Waals surface area contributed by atoms with Gasteiger partial charge in [0.25, 0.3) is 0 Å². The van der Waals surface area contributed by atoms with Crippen LogP contribution >= 0.6 is 0 Å². The predicted molar refractivity (Wildman–Crippen MR) is 77.8 cm³/mol. The predicted octanol–water partition coefficient (Wildman–Crippen LogP) is 1.35. The normalized spacial score (nSPS) is 29.3. The van der Waals surface area contributed by atoms with Gasteiger partial charge in [0, 0.05) is 38.1 Å². The van der Waals surface area contributed by atoms with E-state index in [9.17, 15) is 4.79 Å². The highest BCUT2D eigenvalue weighted by Crippen LogP contribution is 2.23. The molecule has 2 rings (SSSR count). The lowest BCUT2D eigenvalue weighted by Crippen LogP contribution is -2.35. The van der Waals surface area contributed by atoms with Crippen molar-refractivity contribution in [2.75, 3.05) is 19.6 Å². The fourth-order valence-electron chi connectivity index (χ4n) is 3.46. The zero-order valence-electron chi connectivity index (χ0n) is 12.4. The molecule has 2 fully saturated rings. The summed E-state index contributed by atoms with van der Waals surface area (Å²) in [6.45, 7) is 7.33. The van der Waals surface area contributed by atoms with E-state index in [0.29, 0.717) is 24.3 Å². The van der Waals surface area contributed by atoms with Crippen molar-refractivity contribution in [2.24, 2.45) is 17.6 Å². The zero-order chi connectivity index (χ0) is 13.8. The molecule has 2 atom stereocenters. The Morgan fingerprint density at radius 3 is 2.58 bits per heavy atom. The monoisotopic (exact) mass is 267 g/mol. The summed E-state index contributed by atoms with van der Waals surface area (Å²) in [7, 11) is 0. The first-order chi connectivity index (χ1) is 9.06. The molecular weight excluding hydrogens is 238 g/mol. The number of hydrogen-bond donors (Lipinski definition) is 2. The number of rotatable bonds is 5. The summed E-state index contributed by atoms with van der Waals surface area (Å²) in [6, 6.07) is 0.717. The molecule has 2 aliphatic rings. The highest BCUT2D eigenvalue weighted by atomic mass is 16.1. The van der Waals surface area contributed by atoms with Crippen LogP contribution in [0.4, 0.5) is 0 Å². The molecule has 4 heteroatoms. The minimum absolute atomic E-state index is 0.216. The third-order valence-electron chi connectivity index (χ3n) is 4.72. The molecule has 1 aliphatic heterocycles. The standard InChI is InChI=1S/C15H29N3O/c1-11(2)13-9-18(10-14(13)16)8-7-15(19)17-12-5-3-4-6-12/h11-14H,3-10,16H2,1-2H3,(H,17,19)/t13-,14+/m1/s1. The van der Waals surface area contributed by atoms with Crippen molar-refractivity contribution in [1.82, 2.24) is 10.2 Å². The number of nitrogens with two attached hydrogens (primary N) is 1. The van der Waals surface area contributed by atoms with Gasteiger partial charge in [-0.2, -0.15) is 0 Å². The van der Waals surface area contributed by atoms with Crippen LogP contribution < -0.4 is 11.1 Å². The van der Waals surface area contributed by atoms with Crippen molar-refractivity contribution in [3.05, 3.63) is 0 Å². The van der Waals surface area contributed by atoms with Gasteiger partial charge in [0.05, 0.1) is 0 Å². The van der Waals surface area contributed by atoms with Crippen molar-refractivity contribution in [2.45, 2.75) is 58.0 Å². The van der Waals surface area contributed by atoms with E-state index >= 15 is 0 Å². The van der Waals surface area contributed by atoms with E-state index in [-0.39, 0.29) is 11.9 Å². The maximum Gasteiger partial charge on any atom is 0.221 e. The van der Waals surface area contributed by atoms with Gasteiger partial charge in [-0.25, -0.2) is 0 Å². The SMILES string of the molecule is CC(C)[C@H]1CN(CCC(=O)NC2CCCC2)C[C@@H]1N. The fraction of sp³-hybridized carbons (Fsp3) is 0.933. The first kappa shape index (κ1) is 14.8. The fourth-order valence-corrected chi connectivity index (χ4v) is 3.46. The van der Waals surface area contributed by atoms with Gasteiger partial charge in [-0.15, -0.1) is 0 Å². The molecule has 0 aromatic heterocycles. The van der Waals surface area contributed by atoms with Gasteiger partial charge in [0.1, 0.15) is 0 Å². The summed E-state index contributed by atoms with van der Waals surface area (Å²) >= 11 is 0. The highest BCUT2D eigenvalue weighted by molar-refractivity contribution is 5.76. The maximum atomic E-state index is 11.9. The van der Waals surface area contributed by atoms with Crippen molar-refractivity contribution < 1.29 is 4.79 Å². The third-order valence-corrected chi connectivity index (χ3v) is 4.72. The van der Waals surface area contributed by atoms with E-state index in [1.54, 1.807) is 0 Å². The van der Waals surface area contributed by atoms with Crippen LogP contribution in [-0.2, 0) is 4.79 Å². The molecule has 0 unspecified atom stereocenters. The van der Waals surface area contributed by atoms with E-state index < -0.39 is 0 Å². The molecule has 0 aromatic carbocycles. The largest absolute Gasteiger partial charge is 0.353 e. The van der Waals surface area contributed by atoms with Gasteiger partial charge >= 0.3 is 0 Å². The van der Waals surface area contributed by atoms with E-state index in [1.807, 2.05) is 0 Å². The molecule has 110 valence electrons. The van der Waals surface area contributed by atoms with Crippen molar-refractivity contribution in [3.8, 4) is 0 Å². The molecule has 1 amide bonds. The molecule has 4 nitrogen and oxygen atoms in total. The lowest BCUT2D eigenvalue weighted by Gasteiger charge is -2.19. The van der Waals surface area contributed by atoms with Crippen LogP contribution in [0.15, 0.2) is 0 Å². The maximum absolute atomic E-state index is 11.9. The number of carbonyl (C=O) groups is 1. The van der Waals surface area contributed by atoms with Crippen LogP contribution in [-0.4, -0.2) is 42.5 Å². The van der Waals surface area contributed by atoms with E-state index in [4.69, 9.17) is 5.73 Å². The number of nitrogens with one attached hydrogen (secondary N) is 1. The van der Waals surface area contributed by atoms with Crippen molar-refractivity contribution >= 4 is 5.91 Å². The van der Waals surface area contributed by atoms with E-state index in [0.717, 1.165) is 32.5 Å². The van der Waals surface area contributed by atoms with Crippen LogP contribution in [0.2, 0.25) is 0 Å². The second-order valence-corrected chi connectivity index (χ2v) is 6.63. The average Bonchev–Trinajstić information content (AvgIpc) is 2.96. The topological polar surface area (TPSA) is 58.4 Å². The van der Waals surface area contributed by atoms with Gasteiger partial charge < -0.3 is 16.0 Å². The summed E-state index contributed by atoms with van der Waals surface area (Å²) in [5.41, 5.74) is 6.17. The zero-order valence-corrected chi connectivity index (χ0v) is 12.4. The Morgan fingerprint density at radius 1 is 1.32 bits per heavy atom. The van der Waals surface area contributed by atoms with Gasteiger partial charge in [0.2, 0.25) is 5.91 Å². The van der Waals surface area contributed by atoms with Gasteiger partial charge in [0.15, 0.2) is 0 Å². The molecule has 0 bridgehead atoms. The van der Waals surface area contributed by atoms with Crippen molar-refractivity contribution in [1.29, 1.82) is 0 Å². The van der Waals surface area contributed by atoms with E-state index in [1.165, 1.54) is 12.8 Å². The number of nitrogens with zero attached hydrogens (tertiary/aromatic N) is 1.